The SMILES string of the molecule is Cc1nn(CCO)cc1CN1CCN[C@H](C(=O)N2CCCC2)C1. The molecule has 2 N–H and O–H groups in total. The van der Waals surface area contributed by atoms with Crippen LogP contribution in [0.3, 0.4) is 0 Å². The summed E-state index contributed by atoms with van der Waals surface area (Å²) in [5.41, 5.74) is 2.17. The number of amides is 1. The van der Waals surface area contributed by atoms with Gasteiger partial charge in [0.15, 0.2) is 0 Å². The second kappa shape index (κ2) is 7.42. The Morgan fingerprint density at radius 3 is 2.91 bits per heavy atom. The highest BCUT2D eigenvalue weighted by atomic mass is 16.3. The van der Waals surface area contributed by atoms with E-state index in [4.69, 9.17) is 5.11 Å². The van der Waals surface area contributed by atoms with Crippen molar-refractivity contribution in [1.29, 1.82) is 0 Å². The topological polar surface area (TPSA) is 73.6 Å². The average molecular weight is 321 g/mol. The number of nitrogens with zero attached hydrogens (tertiary/aromatic N) is 4. The number of piperazine rings is 1. The Bertz CT molecular complexity index is 539. The van der Waals surface area contributed by atoms with Crippen molar-refractivity contribution in [3.8, 4) is 0 Å². The summed E-state index contributed by atoms with van der Waals surface area (Å²) in [5.74, 6) is 0.250. The van der Waals surface area contributed by atoms with E-state index in [1.54, 1.807) is 4.68 Å². The fourth-order valence-electron chi connectivity index (χ4n) is 3.45. The minimum absolute atomic E-state index is 0.0883. The van der Waals surface area contributed by atoms with Crippen LogP contribution in [0.2, 0.25) is 0 Å². The monoisotopic (exact) mass is 321 g/mol. The molecule has 2 aliphatic heterocycles. The van der Waals surface area contributed by atoms with Gasteiger partial charge in [-0.25, -0.2) is 0 Å². The lowest BCUT2D eigenvalue weighted by Crippen LogP contribution is -2.57. The van der Waals surface area contributed by atoms with Gasteiger partial charge in [-0.3, -0.25) is 14.4 Å². The van der Waals surface area contributed by atoms with Gasteiger partial charge in [0.2, 0.25) is 5.91 Å². The van der Waals surface area contributed by atoms with Gasteiger partial charge in [-0.05, 0) is 19.8 Å². The number of carbonyl (C=O) groups is 1. The van der Waals surface area contributed by atoms with Crippen molar-refractivity contribution < 1.29 is 9.90 Å². The van der Waals surface area contributed by atoms with Crippen LogP contribution in [0.25, 0.3) is 0 Å². The van der Waals surface area contributed by atoms with Crippen LogP contribution in [-0.4, -0.2) is 76.0 Å². The quantitative estimate of drug-likeness (QED) is 0.771. The minimum atomic E-state index is -0.0883. The smallest absolute Gasteiger partial charge is 0.241 e. The van der Waals surface area contributed by atoms with Gasteiger partial charge >= 0.3 is 0 Å². The number of aliphatic hydroxyl groups excluding tert-OH is 1. The Morgan fingerprint density at radius 2 is 2.17 bits per heavy atom. The molecule has 0 radical (unpaired) electrons. The third-order valence-corrected chi connectivity index (χ3v) is 4.75. The first-order chi connectivity index (χ1) is 11.2. The molecule has 0 unspecified atom stereocenters. The molecule has 2 aliphatic rings. The normalized spacial score (nSPS) is 22.7. The number of aromatic nitrogens is 2. The maximum atomic E-state index is 12.5. The van der Waals surface area contributed by atoms with Crippen molar-refractivity contribution in [3.05, 3.63) is 17.5 Å². The summed E-state index contributed by atoms with van der Waals surface area (Å²) in [7, 11) is 0. The number of hydrogen-bond donors (Lipinski definition) is 2. The summed E-state index contributed by atoms with van der Waals surface area (Å²) in [6.07, 6.45) is 4.27. The van der Waals surface area contributed by atoms with Crippen LogP contribution >= 0.6 is 0 Å². The fraction of sp³-hybridized carbons (Fsp3) is 0.750. The van der Waals surface area contributed by atoms with Crippen molar-refractivity contribution in [2.75, 3.05) is 39.3 Å². The van der Waals surface area contributed by atoms with Crippen molar-refractivity contribution >= 4 is 5.91 Å². The molecular weight excluding hydrogens is 294 g/mol. The molecule has 0 bridgehead atoms. The predicted molar refractivity (Wildman–Crippen MR) is 86.9 cm³/mol. The molecule has 1 aromatic heterocycles. The summed E-state index contributed by atoms with van der Waals surface area (Å²) in [5, 5.41) is 16.8. The lowest BCUT2D eigenvalue weighted by atomic mass is 10.1. The molecule has 2 fully saturated rings. The van der Waals surface area contributed by atoms with E-state index in [1.807, 2.05) is 18.0 Å². The van der Waals surface area contributed by atoms with Crippen LogP contribution in [-0.2, 0) is 17.9 Å². The van der Waals surface area contributed by atoms with Crippen molar-refractivity contribution in [2.24, 2.45) is 0 Å². The number of hydrogen-bond acceptors (Lipinski definition) is 5. The van der Waals surface area contributed by atoms with Crippen LogP contribution < -0.4 is 5.32 Å². The number of rotatable bonds is 5. The van der Waals surface area contributed by atoms with E-state index in [2.05, 4.69) is 15.3 Å². The second-order valence-corrected chi connectivity index (χ2v) is 6.50. The van der Waals surface area contributed by atoms with E-state index in [-0.39, 0.29) is 18.6 Å². The molecule has 23 heavy (non-hydrogen) atoms. The zero-order chi connectivity index (χ0) is 16.2. The number of likely N-dealkylation sites (tertiary alicyclic amines) is 1. The fourth-order valence-corrected chi connectivity index (χ4v) is 3.45. The molecule has 3 heterocycles. The molecule has 1 amide bonds. The Labute approximate surface area is 137 Å². The van der Waals surface area contributed by atoms with E-state index in [1.165, 1.54) is 5.56 Å². The van der Waals surface area contributed by atoms with Crippen LogP contribution in [0, 0.1) is 6.92 Å². The number of nitrogens with one attached hydrogen (secondary N) is 1. The lowest BCUT2D eigenvalue weighted by molar-refractivity contribution is -0.133. The maximum Gasteiger partial charge on any atom is 0.241 e. The van der Waals surface area contributed by atoms with Gasteiger partial charge in [0.05, 0.1) is 24.9 Å². The molecule has 0 aromatic carbocycles. The first kappa shape index (κ1) is 16.4. The first-order valence-electron chi connectivity index (χ1n) is 8.55. The second-order valence-electron chi connectivity index (χ2n) is 6.50. The third kappa shape index (κ3) is 3.91. The number of aryl methyl sites for hydroxylation is 1. The summed E-state index contributed by atoms with van der Waals surface area (Å²) in [4.78, 5) is 16.9. The van der Waals surface area contributed by atoms with Gasteiger partial charge in [-0.2, -0.15) is 5.10 Å². The highest BCUT2D eigenvalue weighted by molar-refractivity contribution is 5.82. The van der Waals surface area contributed by atoms with Crippen molar-refractivity contribution in [3.63, 3.8) is 0 Å². The number of aliphatic hydroxyl groups is 1. The Hall–Kier alpha value is -1.44. The van der Waals surface area contributed by atoms with E-state index in [9.17, 15) is 4.79 Å². The summed E-state index contributed by atoms with van der Waals surface area (Å²) < 4.78 is 1.79. The molecule has 0 aliphatic carbocycles. The van der Waals surface area contributed by atoms with Crippen molar-refractivity contribution in [2.45, 2.75) is 38.9 Å². The molecule has 2 saturated heterocycles. The Kier molecular flexibility index (Phi) is 5.30. The number of carbonyl (C=O) groups excluding carboxylic acids is 1. The van der Waals surface area contributed by atoms with Gasteiger partial charge < -0.3 is 15.3 Å². The van der Waals surface area contributed by atoms with Gasteiger partial charge in [-0.15, -0.1) is 0 Å². The summed E-state index contributed by atoms with van der Waals surface area (Å²) >= 11 is 0. The molecule has 7 heteroatoms. The van der Waals surface area contributed by atoms with E-state index < -0.39 is 0 Å². The lowest BCUT2D eigenvalue weighted by Gasteiger charge is -2.34. The highest BCUT2D eigenvalue weighted by Gasteiger charge is 2.30. The molecule has 0 spiro atoms. The first-order valence-corrected chi connectivity index (χ1v) is 8.55. The molecule has 128 valence electrons. The standard InChI is InChI=1S/C16H27N5O2/c1-13-14(11-21(18-13)8-9-22)10-19-7-4-17-15(12-19)16(23)20-5-2-3-6-20/h11,15,17,22H,2-10,12H2,1H3/t15-/m0/s1. The largest absolute Gasteiger partial charge is 0.394 e. The Morgan fingerprint density at radius 1 is 1.39 bits per heavy atom. The van der Waals surface area contributed by atoms with Crippen LogP contribution in [0.4, 0.5) is 0 Å². The van der Waals surface area contributed by atoms with Crippen LogP contribution in [0.1, 0.15) is 24.1 Å². The van der Waals surface area contributed by atoms with Gasteiger partial charge in [0.25, 0.3) is 0 Å². The minimum Gasteiger partial charge on any atom is -0.394 e. The summed E-state index contributed by atoms with van der Waals surface area (Å²) in [6, 6.07) is -0.0883. The molecule has 1 atom stereocenters. The molecular formula is C16H27N5O2. The molecule has 1 aromatic rings. The van der Waals surface area contributed by atoms with E-state index in [0.29, 0.717) is 6.54 Å². The molecule has 3 rings (SSSR count). The predicted octanol–water partition coefficient (Wildman–Crippen LogP) is -0.420. The van der Waals surface area contributed by atoms with Crippen LogP contribution in [0.15, 0.2) is 6.20 Å². The zero-order valence-electron chi connectivity index (χ0n) is 13.9. The van der Waals surface area contributed by atoms with E-state index in [0.717, 1.165) is 57.8 Å². The highest BCUT2D eigenvalue weighted by Crippen LogP contribution is 2.14. The third-order valence-electron chi connectivity index (χ3n) is 4.75. The zero-order valence-corrected chi connectivity index (χ0v) is 13.9. The van der Waals surface area contributed by atoms with Crippen molar-refractivity contribution in [1.82, 2.24) is 24.9 Å². The Balaban J connectivity index is 1.59. The summed E-state index contributed by atoms with van der Waals surface area (Å²) in [6.45, 7) is 7.77. The van der Waals surface area contributed by atoms with Gasteiger partial charge in [0, 0.05) is 51.0 Å². The van der Waals surface area contributed by atoms with Gasteiger partial charge in [0.1, 0.15) is 0 Å². The van der Waals surface area contributed by atoms with Gasteiger partial charge in [-0.1, -0.05) is 0 Å². The molecule has 7 nitrogen and oxygen atoms in total. The average Bonchev–Trinajstić information content (AvgIpc) is 3.18. The molecule has 0 saturated carbocycles. The maximum absolute atomic E-state index is 12.5. The van der Waals surface area contributed by atoms with E-state index >= 15 is 0 Å². The van der Waals surface area contributed by atoms with Crippen LogP contribution in [0.5, 0.6) is 0 Å².